The number of nitrogens with zero attached hydrogens (tertiary/aromatic N) is 2. The van der Waals surface area contributed by atoms with Crippen molar-refractivity contribution in [1.29, 1.82) is 0 Å². The number of halogens is 1. The van der Waals surface area contributed by atoms with E-state index < -0.39 is 0 Å². The fraction of sp³-hybridized carbons (Fsp3) is 0.600. The van der Waals surface area contributed by atoms with Gasteiger partial charge in [0.25, 0.3) is 0 Å². The first-order valence-corrected chi connectivity index (χ1v) is 9.23. The van der Waals surface area contributed by atoms with E-state index >= 15 is 0 Å². The van der Waals surface area contributed by atoms with E-state index in [1.165, 1.54) is 37.7 Å². The van der Waals surface area contributed by atoms with Crippen molar-refractivity contribution in [3.8, 4) is 0 Å². The largest absolute Gasteiger partial charge is 0.383 e. The molecule has 2 aromatic rings. The number of aromatic nitrogens is 1. The highest BCUT2D eigenvalue weighted by molar-refractivity contribution is 5.84. The zero-order valence-electron chi connectivity index (χ0n) is 15.6. The first-order chi connectivity index (χ1) is 12.1. The van der Waals surface area contributed by atoms with Crippen LogP contribution in [0.3, 0.4) is 0 Å². The van der Waals surface area contributed by atoms with Crippen LogP contribution in [-0.2, 0) is 11.3 Å². The number of ether oxygens (including phenoxy) is 1. The molecule has 0 aliphatic carbocycles. The molecule has 0 unspecified atom stereocenters. The normalized spacial score (nSPS) is 17.0. The van der Waals surface area contributed by atoms with Crippen LogP contribution in [0.5, 0.6) is 0 Å². The second-order valence-electron chi connectivity index (χ2n) is 7.39. The molecule has 1 aromatic carbocycles. The molecule has 1 fully saturated rings. The number of methoxy groups -OCH3 is 1. The first kappa shape index (κ1) is 18.4. The summed E-state index contributed by atoms with van der Waals surface area (Å²) < 4.78 is 18.6. The minimum Gasteiger partial charge on any atom is -0.383 e. The van der Waals surface area contributed by atoms with E-state index in [9.17, 15) is 4.39 Å². The number of rotatable bonds is 7. The van der Waals surface area contributed by atoms with Crippen molar-refractivity contribution in [1.82, 2.24) is 14.8 Å². The summed E-state index contributed by atoms with van der Waals surface area (Å²) >= 11 is 0. The SMILES string of the molecule is COCCN1CCC(CN(C)Cc2[nH]c3ccc(F)cc3c2C)CC1. The topological polar surface area (TPSA) is 31.5 Å². The van der Waals surface area contributed by atoms with Crippen molar-refractivity contribution in [3.05, 3.63) is 35.3 Å². The molecule has 4 nitrogen and oxygen atoms in total. The Labute approximate surface area is 149 Å². The number of H-pyrrole nitrogens is 1. The van der Waals surface area contributed by atoms with Crippen LogP contribution in [-0.4, -0.2) is 61.7 Å². The van der Waals surface area contributed by atoms with Gasteiger partial charge in [-0.15, -0.1) is 0 Å². The van der Waals surface area contributed by atoms with Gasteiger partial charge in [-0.2, -0.15) is 0 Å². The lowest BCUT2D eigenvalue weighted by molar-refractivity contribution is 0.109. The molecule has 0 atom stereocenters. The average Bonchev–Trinajstić information content (AvgIpc) is 2.90. The Balaban J connectivity index is 1.53. The summed E-state index contributed by atoms with van der Waals surface area (Å²) in [4.78, 5) is 8.35. The molecule has 1 aliphatic rings. The molecular formula is C20H30FN3O. The van der Waals surface area contributed by atoms with Crippen LogP contribution in [0.25, 0.3) is 10.9 Å². The summed E-state index contributed by atoms with van der Waals surface area (Å²) in [5.74, 6) is 0.584. The van der Waals surface area contributed by atoms with E-state index in [-0.39, 0.29) is 5.82 Å². The molecule has 0 spiro atoms. The number of nitrogens with one attached hydrogen (secondary N) is 1. The first-order valence-electron chi connectivity index (χ1n) is 9.23. The number of piperidine rings is 1. The lowest BCUT2D eigenvalue weighted by atomic mass is 9.96. The molecule has 5 heteroatoms. The molecule has 138 valence electrons. The fourth-order valence-electron chi connectivity index (χ4n) is 3.90. The van der Waals surface area contributed by atoms with Gasteiger partial charge in [0, 0.05) is 43.3 Å². The van der Waals surface area contributed by atoms with Crippen LogP contribution in [0.15, 0.2) is 18.2 Å². The summed E-state index contributed by atoms with van der Waals surface area (Å²) in [6, 6.07) is 4.97. The standard InChI is InChI=1S/C20H30FN3O/c1-15-18-12-17(21)4-5-19(18)22-20(15)14-23(2)13-16-6-8-24(9-7-16)10-11-25-3/h4-5,12,16,22H,6-11,13-14H2,1-3H3. The smallest absolute Gasteiger partial charge is 0.123 e. The van der Waals surface area contributed by atoms with Gasteiger partial charge in [0.1, 0.15) is 5.82 Å². The highest BCUT2D eigenvalue weighted by Crippen LogP contribution is 2.24. The second-order valence-corrected chi connectivity index (χ2v) is 7.39. The lowest BCUT2D eigenvalue weighted by Gasteiger charge is -2.33. The van der Waals surface area contributed by atoms with Crippen molar-refractivity contribution in [3.63, 3.8) is 0 Å². The Morgan fingerprint density at radius 3 is 2.80 bits per heavy atom. The van der Waals surface area contributed by atoms with Gasteiger partial charge in [0.2, 0.25) is 0 Å². The van der Waals surface area contributed by atoms with Gasteiger partial charge < -0.3 is 19.5 Å². The molecule has 1 saturated heterocycles. The molecule has 3 rings (SSSR count). The maximum Gasteiger partial charge on any atom is 0.123 e. The number of fused-ring (bicyclic) bond motifs is 1. The summed E-state index contributed by atoms with van der Waals surface area (Å²) in [6.07, 6.45) is 2.51. The predicted molar refractivity (Wildman–Crippen MR) is 100 cm³/mol. The molecule has 0 amide bonds. The Hall–Kier alpha value is -1.43. The minimum atomic E-state index is -0.172. The van der Waals surface area contributed by atoms with Crippen molar-refractivity contribution in [2.24, 2.45) is 5.92 Å². The third-order valence-corrected chi connectivity index (χ3v) is 5.44. The fourth-order valence-corrected chi connectivity index (χ4v) is 3.90. The molecular weight excluding hydrogens is 317 g/mol. The summed E-state index contributed by atoms with van der Waals surface area (Å²) in [5.41, 5.74) is 3.38. The Morgan fingerprint density at radius 2 is 2.08 bits per heavy atom. The van der Waals surface area contributed by atoms with Gasteiger partial charge in [0.05, 0.1) is 6.61 Å². The lowest BCUT2D eigenvalue weighted by Crippen LogP contribution is -2.39. The van der Waals surface area contributed by atoms with Crippen LogP contribution >= 0.6 is 0 Å². The summed E-state index contributed by atoms with van der Waals surface area (Å²) in [7, 11) is 3.95. The number of likely N-dealkylation sites (tertiary alicyclic amines) is 1. The highest BCUT2D eigenvalue weighted by atomic mass is 19.1. The van der Waals surface area contributed by atoms with Crippen LogP contribution in [0.4, 0.5) is 4.39 Å². The van der Waals surface area contributed by atoms with Crippen molar-refractivity contribution < 1.29 is 9.13 Å². The zero-order chi connectivity index (χ0) is 17.8. The molecule has 1 aromatic heterocycles. The Bertz CT molecular complexity index is 692. The molecule has 25 heavy (non-hydrogen) atoms. The average molecular weight is 347 g/mol. The molecule has 1 N–H and O–H groups in total. The maximum atomic E-state index is 13.5. The summed E-state index contributed by atoms with van der Waals surface area (Å²) in [5, 5.41) is 0.995. The monoisotopic (exact) mass is 347 g/mol. The number of hydrogen-bond donors (Lipinski definition) is 1. The van der Waals surface area contributed by atoms with Gasteiger partial charge in [-0.3, -0.25) is 0 Å². The zero-order valence-corrected chi connectivity index (χ0v) is 15.6. The molecule has 0 radical (unpaired) electrons. The molecule has 2 heterocycles. The van der Waals surface area contributed by atoms with E-state index in [0.29, 0.717) is 0 Å². The highest BCUT2D eigenvalue weighted by Gasteiger charge is 2.20. The molecule has 0 bridgehead atoms. The second kappa shape index (κ2) is 8.30. The number of benzene rings is 1. The van der Waals surface area contributed by atoms with Crippen LogP contribution in [0, 0.1) is 18.7 Å². The predicted octanol–water partition coefficient (Wildman–Crippen LogP) is 3.41. The van der Waals surface area contributed by atoms with Gasteiger partial charge in [-0.1, -0.05) is 0 Å². The van der Waals surface area contributed by atoms with Crippen molar-refractivity contribution in [2.75, 3.05) is 46.9 Å². The Morgan fingerprint density at radius 1 is 1.32 bits per heavy atom. The van der Waals surface area contributed by atoms with Crippen molar-refractivity contribution >= 4 is 10.9 Å². The van der Waals surface area contributed by atoms with Gasteiger partial charge in [0.15, 0.2) is 0 Å². The number of hydrogen-bond acceptors (Lipinski definition) is 3. The third-order valence-electron chi connectivity index (χ3n) is 5.44. The van der Waals surface area contributed by atoms with Crippen LogP contribution in [0.1, 0.15) is 24.1 Å². The Kier molecular flexibility index (Phi) is 6.10. The van der Waals surface area contributed by atoms with E-state index in [0.717, 1.165) is 48.6 Å². The van der Waals surface area contributed by atoms with Gasteiger partial charge in [-0.05, 0) is 69.6 Å². The quantitative estimate of drug-likeness (QED) is 0.833. The molecule has 1 aliphatic heterocycles. The van der Waals surface area contributed by atoms with Crippen LogP contribution in [0.2, 0.25) is 0 Å². The number of aromatic amines is 1. The van der Waals surface area contributed by atoms with E-state index in [1.807, 2.05) is 6.07 Å². The van der Waals surface area contributed by atoms with E-state index in [1.54, 1.807) is 13.2 Å². The minimum absolute atomic E-state index is 0.172. The molecule has 0 saturated carbocycles. The maximum absolute atomic E-state index is 13.5. The number of aryl methyl sites for hydroxylation is 1. The van der Waals surface area contributed by atoms with E-state index in [4.69, 9.17) is 4.74 Å². The van der Waals surface area contributed by atoms with E-state index in [2.05, 4.69) is 28.8 Å². The third kappa shape index (κ3) is 4.60. The summed E-state index contributed by atoms with van der Waals surface area (Å²) in [6.45, 7) is 8.29. The van der Waals surface area contributed by atoms with Crippen LogP contribution < -0.4 is 0 Å². The van der Waals surface area contributed by atoms with Crippen molar-refractivity contribution in [2.45, 2.75) is 26.3 Å². The van der Waals surface area contributed by atoms with Gasteiger partial charge >= 0.3 is 0 Å². The van der Waals surface area contributed by atoms with Gasteiger partial charge in [-0.25, -0.2) is 4.39 Å².